The van der Waals surface area contributed by atoms with Crippen LogP contribution in [0.15, 0.2) is 0 Å². The van der Waals surface area contributed by atoms with Crippen LogP contribution in [0, 0.1) is 5.92 Å². The number of hydrogen-bond acceptors (Lipinski definition) is 2. The molecule has 0 aromatic rings. The molecule has 0 aliphatic carbocycles. The van der Waals surface area contributed by atoms with E-state index in [-0.39, 0.29) is 12.5 Å². The summed E-state index contributed by atoms with van der Waals surface area (Å²) in [6.07, 6.45) is -5.18. The third kappa shape index (κ3) is 8.04. The number of alkyl halides is 3. The molecule has 4 nitrogen and oxygen atoms in total. The summed E-state index contributed by atoms with van der Waals surface area (Å²) in [5, 5.41) is 13.0. The van der Waals surface area contributed by atoms with E-state index in [1.807, 2.05) is 0 Å². The van der Waals surface area contributed by atoms with Crippen LogP contribution in [0.25, 0.3) is 0 Å². The van der Waals surface area contributed by atoms with Gasteiger partial charge >= 0.3 is 12.2 Å². The van der Waals surface area contributed by atoms with Crippen molar-refractivity contribution in [2.75, 3.05) is 13.1 Å². The van der Waals surface area contributed by atoms with Crippen molar-refractivity contribution in [1.82, 2.24) is 10.6 Å². The predicted molar refractivity (Wildman–Crippen MR) is 48.3 cm³/mol. The Bertz CT molecular complexity index is 207. The highest BCUT2D eigenvalue weighted by atomic mass is 19.4. The Labute approximate surface area is 85.8 Å². The average molecular weight is 228 g/mol. The second kappa shape index (κ2) is 5.79. The van der Waals surface area contributed by atoms with Crippen molar-refractivity contribution in [2.45, 2.75) is 26.1 Å². The molecule has 0 heterocycles. The van der Waals surface area contributed by atoms with Crippen molar-refractivity contribution in [1.29, 1.82) is 0 Å². The van der Waals surface area contributed by atoms with Crippen molar-refractivity contribution in [3.8, 4) is 0 Å². The normalized spacial score (nSPS) is 13.8. The summed E-state index contributed by atoms with van der Waals surface area (Å²) in [5.74, 6) is -0.0621. The average Bonchev–Trinajstić information content (AvgIpc) is 2.09. The van der Waals surface area contributed by atoms with Gasteiger partial charge in [-0.25, -0.2) is 4.79 Å². The molecule has 15 heavy (non-hydrogen) atoms. The molecule has 7 heteroatoms. The molecule has 3 N–H and O–H groups in total. The fourth-order valence-electron chi connectivity index (χ4n) is 0.676. The molecule has 1 atom stereocenters. The Morgan fingerprint density at radius 1 is 1.33 bits per heavy atom. The lowest BCUT2D eigenvalue weighted by molar-refractivity contribution is -0.122. The highest BCUT2D eigenvalue weighted by Gasteiger charge is 2.27. The Hall–Kier alpha value is -0.980. The number of rotatable bonds is 4. The lowest BCUT2D eigenvalue weighted by Gasteiger charge is -2.15. The van der Waals surface area contributed by atoms with Gasteiger partial charge in [0.1, 0.15) is 6.54 Å². The van der Waals surface area contributed by atoms with Crippen molar-refractivity contribution in [3.63, 3.8) is 0 Å². The molecule has 0 aromatic heterocycles. The highest BCUT2D eigenvalue weighted by Crippen LogP contribution is 2.11. The SMILES string of the molecule is CC(C)C(O)CNC(=O)NCC(F)(F)F. The molecule has 2 amide bonds. The van der Waals surface area contributed by atoms with Crippen LogP contribution >= 0.6 is 0 Å². The first kappa shape index (κ1) is 14.0. The van der Waals surface area contributed by atoms with E-state index >= 15 is 0 Å². The molecule has 0 rings (SSSR count). The zero-order chi connectivity index (χ0) is 12.1. The summed E-state index contributed by atoms with van der Waals surface area (Å²) in [6, 6.07) is -0.938. The summed E-state index contributed by atoms with van der Waals surface area (Å²) >= 11 is 0. The number of amides is 2. The second-order valence-corrected chi connectivity index (χ2v) is 3.49. The standard InChI is InChI=1S/C8H15F3N2O2/c1-5(2)6(14)3-12-7(15)13-4-8(9,10)11/h5-6,14H,3-4H2,1-2H3,(H2,12,13,15). The van der Waals surface area contributed by atoms with E-state index in [2.05, 4.69) is 5.32 Å². The molecule has 0 saturated carbocycles. The number of aliphatic hydroxyl groups is 1. The third-order valence-corrected chi connectivity index (χ3v) is 1.69. The number of carbonyl (C=O) groups is 1. The topological polar surface area (TPSA) is 61.4 Å². The molecule has 0 spiro atoms. The molecule has 0 aliphatic heterocycles. The molecule has 0 fully saturated rings. The van der Waals surface area contributed by atoms with Gasteiger partial charge in [0, 0.05) is 6.54 Å². The zero-order valence-electron chi connectivity index (χ0n) is 8.56. The van der Waals surface area contributed by atoms with Gasteiger partial charge in [0.15, 0.2) is 0 Å². The molecule has 1 unspecified atom stereocenters. The molecule has 0 radical (unpaired) electrons. The number of carbonyl (C=O) groups excluding carboxylic acids is 1. The summed E-state index contributed by atoms with van der Waals surface area (Å²) in [7, 11) is 0. The van der Waals surface area contributed by atoms with Gasteiger partial charge in [0.05, 0.1) is 6.10 Å². The zero-order valence-corrected chi connectivity index (χ0v) is 8.56. The molecule has 0 bridgehead atoms. The first-order valence-electron chi connectivity index (χ1n) is 4.49. The maximum Gasteiger partial charge on any atom is 0.405 e. The Balaban J connectivity index is 3.67. The van der Waals surface area contributed by atoms with Crippen LogP contribution in [0.4, 0.5) is 18.0 Å². The first-order chi connectivity index (χ1) is 6.72. The molecule has 0 aromatic carbocycles. The minimum absolute atomic E-state index is 0.0621. The van der Waals surface area contributed by atoms with Crippen LogP contribution in [0.2, 0.25) is 0 Å². The minimum atomic E-state index is -4.42. The smallest absolute Gasteiger partial charge is 0.391 e. The van der Waals surface area contributed by atoms with Gasteiger partial charge in [-0.1, -0.05) is 13.8 Å². The maximum absolute atomic E-state index is 11.7. The number of aliphatic hydroxyl groups excluding tert-OH is 1. The van der Waals surface area contributed by atoms with Crippen molar-refractivity contribution >= 4 is 6.03 Å². The first-order valence-corrected chi connectivity index (χ1v) is 4.49. The Morgan fingerprint density at radius 2 is 1.87 bits per heavy atom. The lowest BCUT2D eigenvalue weighted by Crippen LogP contribution is -2.44. The van der Waals surface area contributed by atoms with E-state index in [9.17, 15) is 23.1 Å². The highest BCUT2D eigenvalue weighted by molar-refractivity contribution is 5.73. The fraction of sp³-hybridized carbons (Fsp3) is 0.875. The minimum Gasteiger partial charge on any atom is -0.391 e. The van der Waals surface area contributed by atoms with Crippen LogP contribution in [-0.2, 0) is 0 Å². The van der Waals surface area contributed by atoms with E-state index in [1.165, 1.54) is 0 Å². The molecule has 90 valence electrons. The molecular weight excluding hydrogens is 213 g/mol. The lowest BCUT2D eigenvalue weighted by atomic mass is 10.1. The molecule has 0 aliphatic rings. The Kier molecular flexibility index (Phi) is 5.41. The summed E-state index contributed by atoms with van der Waals surface area (Å²) in [6.45, 7) is 2.03. The van der Waals surface area contributed by atoms with E-state index in [0.29, 0.717) is 0 Å². The van der Waals surface area contributed by atoms with Gasteiger partial charge in [-0.15, -0.1) is 0 Å². The number of halogens is 3. The van der Waals surface area contributed by atoms with Gasteiger partial charge < -0.3 is 15.7 Å². The van der Waals surface area contributed by atoms with E-state index < -0.39 is 24.9 Å². The quantitative estimate of drug-likeness (QED) is 0.668. The van der Waals surface area contributed by atoms with E-state index in [4.69, 9.17) is 0 Å². The van der Waals surface area contributed by atoms with Crippen molar-refractivity contribution in [2.24, 2.45) is 5.92 Å². The van der Waals surface area contributed by atoms with Crippen LogP contribution in [0.5, 0.6) is 0 Å². The van der Waals surface area contributed by atoms with E-state index in [1.54, 1.807) is 19.2 Å². The molecule has 0 saturated heterocycles. The van der Waals surface area contributed by atoms with Crippen LogP contribution in [0.1, 0.15) is 13.8 Å². The fourth-order valence-corrected chi connectivity index (χ4v) is 0.676. The van der Waals surface area contributed by atoms with Gasteiger partial charge in [0.25, 0.3) is 0 Å². The maximum atomic E-state index is 11.7. The monoisotopic (exact) mass is 228 g/mol. The second-order valence-electron chi connectivity index (χ2n) is 3.49. The van der Waals surface area contributed by atoms with Crippen LogP contribution in [-0.4, -0.2) is 36.5 Å². The van der Waals surface area contributed by atoms with Crippen LogP contribution in [0.3, 0.4) is 0 Å². The number of hydrogen-bond donors (Lipinski definition) is 3. The number of nitrogens with one attached hydrogen (secondary N) is 2. The third-order valence-electron chi connectivity index (χ3n) is 1.69. The van der Waals surface area contributed by atoms with Gasteiger partial charge in [-0.3, -0.25) is 0 Å². The predicted octanol–water partition coefficient (Wildman–Crippen LogP) is 0.865. The van der Waals surface area contributed by atoms with Gasteiger partial charge in [-0.2, -0.15) is 13.2 Å². The van der Waals surface area contributed by atoms with Crippen molar-refractivity contribution < 1.29 is 23.1 Å². The molecular formula is C8H15F3N2O2. The Morgan fingerprint density at radius 3 is 2.27 bits per heavy atom. The van der Waals surface area contributed by atoms with Gasteiger partial charge in [0.2, 0.25) is 0 Å². The summed E-state index contributed by atoms with van der Waals surface area (Å²) in [4.78, 5) is 10.8. The van der Waals surface area contributed by atoms with Crippen LogP contribution < -0.4 is 10.6 Å². The largest absolute Gasteiger partial charge is 0.405 e. The van der Waals surface area contributed by atoms with E-state index in [0.717, 1.165) is 0 Å². The summed E-state index contributed by atoms with van der Waals surface area (Å²) < 4.78 is 35.0. The number of urea groups is 1. The summed E-state index contributed by atoms with van der Waals surface area (Å²) in [5.41, 5.74) is 0. The van der Waals surface area contributed by atoms with Gasteiger partial charge in [-0.05, 0) is 5.92 Å². The van der Waals surface area contributed by atoms with Crippen molar-refractivity contribution in [3.05, 3.63) is 0 Å².